The molecule has 0 saturated carbocycles. The van der Waals surface area contributed by atoms with Crippen molar-refractivity contribution >= 4 is 44.8 Å². The highest BCUT2D eigenvalue weighted by molar-refractivity contribution is 7.89. The van der Waals surface area contributed by atoms with E-state index in [-0.39, 0.29) is 32.9 Å². The molecule has 174 valence electrons. The third kappa shape index (κ3) is 5.97. The number of nitrogens with zero attached hydrogens (tertiary/aromatic N) is 1. The third-order valence-corrected chi connectivity index (χ3v) is 7.35. The Morgan fingerprint density at radius 1 is 0.939 bits per heavy atom. The molecule has 3 aromatic carbocycles. The maximum atomic E-state index is 13.5. The third-order valence-electron chi connectivity index (χ3n) is 4.74. The molecule has 0 aliphatic heterocycles. The lowest BCUT2D eigenvalue weighted by Gasteiger charge is -2.23. The van der Waals surface area contributed by atoms with Crippen molar-refractivity contribution in [3.8, 4) is 11.5 Å². The molecule has 0 saturated heterocycles. The lowest BCUT2D eigenvalue weighted by molar-refractivity contribution is -0.116. The summed E-state index contributed by atoms with van der Waals surface area (Å²) in [6.07, 6.45) is 0. The number of benzene rings is 3. The number of carbonyl (C=O) groups is 1. The summed E-state index contributed by atoms with van der Waals surface area (Å²) >= 11 is 12.2. The largest absolute Gasteiger partial charge is 0.493 e. The van der Waals surface area contributed by atoms with Gasteiger partial charge in [-0.1, -0.05) is 59.6 Å². The van der Waals surface area contributed by atoms with E-state index in [9.17, 15) is 13.2 Å². The molecule has 10 heteroatoms. The molecule has 0 fully saturated rings. The number of amides is 1. The lowest BCUT2D eigenvalue weighted by Crippen LogP contribution is -2.37. The van der Waals surface area contributed by atoms with Crippen LogP contribution in [0.3, 0.4) is 0 Å². The van der Waals surface area contributed by atoms with Crippen molar-refractivity contribution in [1.29, 1.82) is 0 Å². The van der Waals surface area contributed by atoms with Gasteiger partial charge in [0.15, 0.2) is 11.5 Å². The van der Waals surface area contributed by atoms with Gasteiger partial charge in [0.1, 0.15) is 0 Å². The first-order chi connectivity index (χ1) is 15.8. The number of carbonyl (C=O) groups excluding carboxylic acids is 1. The van der Waals surface area contributed by atoms with Crippen LogP contribution in [0, 0.1) is 0 Å². The molecule has 0 radical (unpaired) electrons. The van der Waals surface area contributed by atoms with Gasteiger partial charge in [-0.15, -0.1) is 0 Å². The molecule has 33 heavy (non-hydrogen) atoms. The Bertz CT molecular complexity index is 1240. The topological polar surface area (TPSA) is 84.9 Å². The molecule has 0 atom stereocenters. The first-order valence-corrected chi connectivity index (χ1v) is 12.0. The van der Waals surface area contributed by atoms with Crippen molar-refractivity contribution in [1.82, 2.24) is 4.31 Å². The molecule has 1 amide bonds. The van der Waals surface area contributed by atoms with E-state index in [2.05, 4.69) is 5.32 Å². The van der Waals surface area contributed by atoms with Gasteiger partial charge in [-0.3, -0.25) is 4.79 Å². The zero-order chi connectivity index (χ0) is 24.0. The molecular weight excluding hydrogens is 487 g/mol. The van der Waals surface area contributed by atoms with E-state index in [0.717, 1.165) is 9.87 Å². The van der Waals surface area contributed by atoms with Crippen LogP contribution in [0.4, 0.5) is 5.69 Å². The minimum absolute atomic E-state index is 0.0196. The minimum atomic E-state index is -4.08. The predicted molar refractivity (Wildman–Crippen MR) is 129 cm³/mol. The van der Waals surface area contributed by atoms with Crippen molar-refractivity contribution in [2.45, 2.75) is 11.4 Å². The average molecular weight is 509 g/mol. The molecule has 0 bridgehead atoms. The van der Waals surface area contributed by atoms with Crippen molar-refractivity contribution in [2.75, 3.05) is 26.1 Å². The van der Waals surface area contributed by atoms with Gasteiger partial charge < -0.3 is 14.8 Å². The van der Waals surface area contributed by atoms with E-state index in [0.29, 0.717) is 5.75 Å². The highest BCUT2D eigenvalue weighted by atomic mass is 35.5. The molecule has 0 spiro atoms. The molecule has 0 aromatic heterocycles. The lowest BCUT2D eigenvalue weighted by atomic mass is 10.2. The number of ether oxygens (including phenoxy) is 2. The summed E-state index contributed by atoms with van der Waals surface area (Å²) in [5, 5.41) is 3.07. The first-order valence-electron chi connectivity index (χ1n) is 9.76. The van der Waals surface area contributed by atoms with Crippen LogP contribution in [0.25, 0.3) is 0 Å². The Kier molecular flexibility index (Phi) is 8.20. The fourth-order valence-corrected chi connectivity index (χ4v) is 4.84. The van der Waals surface area contributed by atoms with Gasteiger partial charge in [-0.05, 0) is 29.8 Å². The monoisotopic (exact) mass is 508 g/mol. The molecule has 0 unspecified atom stereocenters. The molecule has 3 rings (SSSR count). The Morgan fingerprint density at radius 3 is 2.30 bits per heavy atom. The van der Waals surface area contributed by atoms with E-state index in [1.165, 1.54) is 32.4 Å². The van der Waals surface area contributed by atoms with Crippen LogP contribution in [-0.2, 0) is 21.4 Å². The Labute approximate surface area is 202 Å². The molecule has 1 N–H and O–H groups in total. The normalized spacial score (nSPS) is 11.3. The smallest absolute Gasteiger partial charge is 0.243 e. The second kappa shape index (κ2) is 10.9. The number of hydrogen-bond acceptors (Lipinski definition) is 5. The average Bonchev–Trinajstić information content (AvgIpc) is 2.81. The van der Waals surface area contributed by atoms with Gasteiger partial charge >= 0.3 is 0 Å². The number of halogens is 2. The zero-order valence-electron chi connectivity index (χ0n) is 17.9. The van der Waals surface area contributed by atoms with Crippen molar-refractivity contribution < 1.29 is 22.7 Å². The second-order valence-electron chi connectivity index (χ2n) is 6.93. The van der Waals surface area contributed by atoms with Gasteiger partial charge in [0, 0.05) is 12.6 Å². The molecule has 3 aromatic rings. The Balaban J connectivity index is 1.93. The number of methoxy groups -OCH3 is 2. The van der Waals surface area contributed by atoms with Gasteiger partial charge in [0.05, 0.1) is 41.4 Å². The highest BCUT2D eigenvalue weighted by Crippen LogP contribution is 2.32. The van der Waals surface area contributed by atoms with Crippen molar-refractivity contribution in [2.24, 2.45) is 0 Å². The fourth-order valence-electron chi connectivity index (χ4n) is 3.09. The number of rotatable bonds is 9. The van der Waals surface area contributed by atoms with Gasteiger partial charge in [0.2, 0.25) is 15.9 Å². The molecule has 0 heterocycles. The number of anilines is 1. The summed E-state index contributed by atoms with van der Waals surface area (Å²) < 4.78 is 38.5. The van der Waals surface area contributed by atoms with Gasteiger partial charge in [-0.25, -0.2) is 8.42 Å². The Morgan fingerprint density at radius 2 is 1.64 bits per heavy atom. The summed E-state index contributed by atoms with van der Waals surface area (Å²) in [4.78, 5) is 12.8. The predicted octanol–water partition coefficient (Wildman–Crippen LogP) is 4.84. The first kappa shape index (κ1) is 24.9. The van der Waals surface area contributed by atoms with Gasteiger partial charge in [0.25, 0.3) is 0 Å². The summed E-state index contributed by atoms with van der Waals surface area (Å²) in [7, 11) is -1.21. The number of hydrogen-bond donors (Lipinski definition) is 1. The van der Waals surface area contributed by atoms with E-state index < -0.39 is 22.5 Å². The Hall–Kier alpha value is -2.78. The van der Waals surface area contributed by atoms with Crippen molar-refractivity contribution in [3.05, 3.63) is 82.3 Å². The number of nitrogens with one attached hydrogen (secondary N) is 1. The summed E-state index contributed by atoms with van der Waals surface area (Å²) in [5.74, 6) is 0.0759. The van der Waals surface area contributed by atoms with Crippen LogP contribution < -0.4 is 14.8 Å². The number of sulfonamides is 1. The van der Waals surface area contributed by atoms with Crippen LogP contribution >= 0.6 is 23.2 Å². The van der Waals surface area contributed by atoms with Crippen LogP contribution in [0.5, 0.6) is 11.5 Å². The molecule has 7 nitrogen and oxygen atoms in total. The van der Waals surface area contributed by atoms with Crippen LogP contribution in [-0.4, -0.2) is 39.4 Å². The van der Waals surface area contributed by atoms with Gasteiger partial charge in [-0.2, -0.15) is 4.31 Å². The standard InChI is InChI=1S/C23H22Cl2N2O5S/c1-31-20-12-11-17(13-21(20)32-2)33(29,30)27(14-16-7-4-3-5-8-16)15-22(28)26-19-10-6-9-18(24)23(19)25/h3-13H,14-15H2,1-2H3,(H,26,28). The zero-order valence-corrected chi connectivity index (χ0v) is 20.2. The van der Waals surface area contributed by atoms with Crippen LogP contribution in [0.1, 0.15) is 5.56 Å². The van der Waals surface area contributed by atoms with E-state index in [1.807, 2.05) is 6.07 Å². The maximum Gasteiger partial charge on any atom is 0.243 e. The van der Waals surface area contributed by atoms with E-state index in [1.54, 1.807) is 42.5 Å². The fraction of sp³-hybridized carbons (Fsp3) is 0.174. The summed E-state index contributed by atoms with van der Waals surface area (Å²) in [6.45, 7) is -0.470. The summed E-state index contributed by atoms with van der Waals surface area (Å²) in [6, 6.07) is 18.0. The quantitative estimate of drug-likeness (QED) is 0.446. The van der Waals surface area contributed by atoms with Crippen molar-refractivity contribution in [3.63, 3.8) is 0 Å². The van der Waals surface area contributed by atoms with Crippen LogP contribution in [0.15, 0.2) is 71.6 Å². The molecule has 0 aliphatic rings. The minimum Gasteiger partial charge on any atom is -0.493 e. The molecule has 0 aliphatic carbocycles. The SMILES string of the molecule is COc1ccc(S(=O)(=O)N(CC(=O)Nc2cccc(Cl)c2Cl)Cc2ccccc2)cc1OC. The molecular formula is C23H22Cl2N2O5S. The van der Waals surface area contributed by atoms with Crippen LogP contribution in [0.2, 0.25) is 10.0 Å². The van der Waals surface area contributed by atoms with E-state index in [4.69, 9.17) is 32.7 Å². The highest BCUT2D eigenvalue weighted by Gasteiger charge is 2.28. The second-order valence-corrected chi connectivity index (χ2v) is 9.65. The maximum absolute atomic E-state index is 13.5. The summed E-state index contributed by atoms with van der Waals surface area (Å²) in [5.41, 5.74) is 1.01. The van der Waals surface area contributed by atoms with E-state index >= 15 is 0 Å².